The summed E-state index contributed by atoms with van der Waals surface area (Å²) < 4.78 is 3.60. The van der Waals surface area contributed by atoms with E-state index in [0.717, 1.165) is 45.8 Å². The predicted molar refractivity (Wildman–Crippen MR) is 99.5 cm³/mol. The van der Waals surface area contributed by atoms with Crippen molar-refractivity contribution >= 4 is 29.3 Å². The zero-order valence-corrected chi connectivity index (χ0v) is 16.7. The summed E-state index contributed by atoms with van der Waals surface area (Å²) in [5, 5.41) is 19.1. The molecule has 0 spiro atoms. The van der Waals surface area contributed by atoms with Crippen LogP contribution < -0.4 is 0 Å². The number of tetrazole rings is 1. The fraction of sp³-hybridized carbons (Fsp3) is 0.600. The molecule has 9 nitrogen and oxygen atoms in total. The van der Waals surface area contributed by atoms with Crippen molar-refractivity contribution in [2.45, 2.75) is 41.6 Å². The van der Waals surface area contributed by atoms with E-state index in [-0.39, 0.29) is 0 Å². The summed E-state index contributed by atoms with van der Waals surface area (Å²) in [6.45, 7) is 3.56. The van der Waals surface area contributed by atoms with Gasteiger partial charge in [0.1, 0.15) is 5.03 Å². The molecule has 0 unspecified atom stereocenters. The SMILES string of the molecule is Cc1cc(Sc2nnnn2CCN(C)C)n2nc(SCC3CC3)nc2n1. The molecule has 0 aliphatic heterocycles. The maximum absolute atomic E-state index is 4.64. The van der Waals surface area contributed by atoms with Crippen LogP contribution in [0.15, 0.2) is 21.4 Å². The lowest BCUT2D eigenvalue weighted by Gasteiger charge is -2.10. The van der Waals surface area contributed by atoms with E-state index in [1.807, 2.05) is 31.8 Å². The van der Waals surface area contributed by atoms with E-state index in [9.17, 15) is 0 Å². The molecule has 1 aliphatic carbocycles. The van der Waals surface area contributed by atoms with E-state index >= 15 is 0 Å². The molecule has 1 saturated carbocycles. The van der Waals surface area contributed by atoms with E-state index in [0.29, 0.717) is 5.78 Å². The molecule has 138 valence electrons. The third kappa shape index (κ3) is 4.15. The predicted octanol–water partition coefficient (Wildman–Crippen LogP) is 1.63. The molecule has 0 atom stereocenters. The van der Waals surface area contributed by atoms with Gasteiger partial charge in [-0.2, -0.15) is 9.50 Å². The number of aryl methyl sites for hydroxylation is 1. The lowest BCUT2D eigenvalue weighted by atomic mass is 10.5. The Morgan fingerprint density at radius 3 is 2.88 bits per heavy atom. The lowest BCUT2D eigenvalue weighted by molar-refractivity contribution is 0.361. The van der Waals surface area contributed by atoms with Gasteiger partial charge in [0.25, 0.3) is 5.78 Å². The van der Waals surface area contributed by atoms with Crippen LogP contribution in [0.5, 0.6) is 0 Å². The first kappa shape index (κ1) is 17.7. The molecule has 26 heavy (non-hydrogen) atoms. The Hall–Kier alpha value is -1.72. The van der Waals surface area contributed by atoms with Crippen molar-refractivity contribution in [1.29, 1.82) is 0 Å². The summed E-state index contributed by atoms with van der Waals surface area (Å²) in [6.07, 6.45) is 2.66. The van der Waals surface area contributed by atoms with Crippen LogP contribution in [-0.2, 0) is 6.54 Å². The van der Waals surface area contributed by atoms with Gasteiger partial charge in [-0.1, -0.05) is 11.8 Å². The second kappa shape index (κ2) is 7.49. The topological polar surface area (TPSA) is 89.9 Å². The van der Waals surface area contributed by atoms with Crippen LogP contribution in [-0.4, -0.2) is 71.1 Å². The van der Waals surface area contributed by atoms with Crippen molar-refractivity contribution in [1.82, 2.24) is 44.7 Å². The Bertz CT molecular complexity index is 900. The van der Waals surface area contributed by atoms with Crippen LogP contribution in [0.4, 0.5) is 0 Å². The molecule has 1 fully saturated rings. The third-order valence-electron chi connectivity index (χ3n) is 3.99. The number of rotatable bonds is 8. The molecule has 3 heterocycles. The van der Waals surface area contributed by atoms with Crippen molar-refractivity contribution in [2.75, 3.05) is 26.4 Å². The van der Waals surface area contributed by atoms with Gasteiger partial charge < -0.3 is 4.90 Å². The van der Waals surface area contributed by atoms with Gasteiger partial charge >= 0.3 is 0 Å². The Morgan fingerprint density at radius 1 is 1.27 bits per heavy atom. The maximum atomic E-state index is 4.64. The van der Waals surface area contributed by atoms with Crippen molar-refractivity contribution < 1.29 is 0 Å². The Balaban J connectivity index is 1.58. The number of hydrogen-bond donors (Lipinski definition) is 0. The van der Waals surface area contributed by atoms with Gasteiger partial charge in [0.05, 0.1) is 6.54 Å². The first-order valence-corrected chi connectivity index (χ1v) is 10.3. The standard InChI is InChI=1S/C15H21N9S2/c1-10-8-12(26-15-18-20-21-23(15)7-6-22(2)3)24-13(16-10)17-14(19-24)25-9-11-4-5-11/h8,11H,4-7,9H2,1-3H3. The molecule has 0 N–H and O–H groups in total. The van der Waals surface area contributed by atoms with Crippen LogP contribution in [0.25, 0.3) is 5.78 Å². The van der Waals surface area contributed by atoms with Crippen LogP contribution >= 0.6 is 23.5 Å². The molecular formula is C15H21N9S2. The summed E-state index contributed by atoms with van der Waals surface area (Å²) in [7, 11) is 4.06. The summed E-state index contributed by atoms with van der Waals surface area (Å²) in [5.74, 6) is 2.54. The summed E-state index contributed by atoms with van der Waals surface area (Å²) in [5.41, 5.74) is 0.901. The first-order valence-electron chi connectivity index (χ1n) is 8.54. The van der Waals surface area contributed by atoms with Crippen molar-refractivity contribution in [3.63, 3.8) is 0 Å². The summed E-state index contributed by atoms with van der Waals surface area (Å²) in [6, 6.07) is 1.99. The zero-order chi connectivity index (χ0) is 18.1. The molecule has 11 heteroatoms. The van der Waals surface area contributed by atoms with Crippen molar-refractivity contribution in [2.24, 2.45) is 5.92 Å². The average molecular weight is 392 g/mol. The summed E-state index contributed by atoms with van der Waals surface area (Å²) in [4.78, 5) is 11.2. The summed E-state index contributed by atoms with van der Waals surface area (Å²) >= 11 is 3.20. The normalized spacial score (nSPS) is 14.6. The highest BCUT2D eigenvalue weighted by Crippen LogP contribution is 2.34. The van der Waals surface area contributed by atoms with E-state index in [2.05, 4.69) is 35.5 Å². The van der Waals surface area contributed by atoms with Gasteiger partial charge in [-0.3, -0.25) is 0 Å². The van der Waals surface area contributed by atoms with Gasteiger partial charge in [0, 0.05) is 18.0 Å². The highest BCUT2D eigenvalue weighted by Gasteiger charge is 2.22. The first-order chi connectivity index (χ1) is 12.6. The quantitative estimate of drug-likeness (QED) is 0.420. The van der Waals surface area contributed by atoms with Crippen LogP contribution in [0.2, 0.25) is 0 Å². The number of hydrogen-bond acceptors (Lipinski definition) is 9. The Labute approximate surface area is 160 Å². The van der Waals surface area contributed by atoms with Gasteiger partial charge in [-0.15, -0.1) is 10.2 Å². The fourth-order valence-electron chi connectivity index (χ4n) is 2.34. The molecule has 3 aromatic heterocycles. The molecule has 1 aliphatic rings. The molecule has 0 aromatic carbocycles. The Morgan fingerprint density at radius 2 is 2.12 bits per heavy atom. The molecule has 0 bridgehead atoms. The van der Waals surface area contributed by atoms with E-state index in [1.54, 1.807) is 16.3 Å². The fourth-order valence-corrected chi connectivity index (χ4v) is 4.28. The number of nitrogens with zero attached hydrogens (tertiary/aromatic N) is 9. The second-order valence-electron chi connectivity index (χ2n) is 6.69. The Kier molecular flexibility index (Phi) is 5.09. The number of aromatic nitrogens is 8. The molecule has 0 amide bonds. The molecule has 3 aromatic rings. The minimum atomic E-state index is 0.623. The van der Waals surface area contributed by atoms with E-state index in [1.165, 1.54) is 24.6 Å². The van der Waals surface area contributed by atoms with Crippen LogP contribution in [0.1, 0.15) is 18.5 Å². The zero-order valence-electron chi connectivity index (χ0n) is 15.0. The van der Waals surface area contributed by atoms with Gasteiger partial charge in [0.15, 0.2) is 0 Å². The highest BCUT2D eigenvalue weighted by atomic mass is 32.2. The minimum absolute atomic E-state index is 0.623. The largest absolute Gasteiger partial charge is 0.308 e. The molecule has 4 rings (SSSR count). The number of likely N-dealkylation sites (N-methyl/N-ethyl adjacent to an activating group) is 1. The van der Waals surface area contributed by atoms with Gasteiger partial charge in [-0.25, -0.2) is 9.67 Å². The van der Waals surface area contributed by atoms with Crippen LogP contribution in [0.3, 0.4) is 0 Å². The third-order valence-corrected chi connectivity index (χ3v) is 6.03. The van der Waals surface area contributed by atoms with E-state index in [4.69, 9.17) is 0 Å². The van der Waals surface area contributed by atoms with Gasteiger partial charge in [0.2, 0.25) is 10.3 Å². The van der Waals surface area contributed by atoms with E-state index < -0.39 is 0 Å². The lowest BCUT2D eigenvalue weighted by Crippen LogP contribution is -2.19. The smallest absolute Gasteiger partial charge is 0.254 e. The number of fused-ring (bicyclic) bond motifs is 1. The molecule has 0 radical (unpaired) electrons. The second-order valence-corrected chi connectivity index (χ2v) is 8.66. The highest BCUT2D eigenvalue weighted by molar-refractivity contribution is 7.99. The molecule has 0 saturated heterocycles. The minimum Gasteiger partial charge on any atom is -0.308 e. The van der Waals surface area contributed by atoms with Crippen LogP contribution in [0, 0.1) is 12.8 Å². The maximum Gasteiger partial charge on any atom is 0.254 e. The van der Waals surface area contributed by atoms with Crippen molar-refractivity contribution in [3.8, 4) is 0 Å². The molecular weight excluding hydrogens is 370 g/mol. The average Bonchev–Trinajstić information content (AvgIpc) is 3.17. The van der Waals surface area contributed by atoms with Gasteiger partial charge in [-0.05, 0) is 68.0 Å². The van der Waals surface area contributed by atoms with Crippen molar-refractivity contribution in [3.05, 3.63) is 11.8 Å². The monoisotopic (exact) mass is 391 g/mol. The number of thioether (sulfide) groups is 1.